The average Bonchev–Trinajstić information content (AvgIpc) is 2.46. The van der Waals surface area contributed by atoms with Crippen molar-refractivity contribution < 1.29 is 4.74 Å². The van der Waals surface area contributed by atoms with Gasteiger partial charge in [-0.2, -0.15) is 5.10 Å². The van der Waals surface area contributed by atoms with Crippen molar-refractivity contribution in [2.45, 2.75) is 51.6 Å². The molecule has 1 aliphatic rings. The van der Waals surface area contributed by atoms with Crippen molar-refractivity contribution in [3.63, 3.8) is 0 Å². The molecule has 0 aliphatic heterocycles. The third-order valence-corrected chi connectivity index (χ3v) is 3.84. The van der Waals surface area contributed by atoms with Crippen LogP contribution in [0.1, 0.15) is 44.7 Å². The quantitative estimate of drug-likeness (QED) is 0.871. The molecule has 1 aliphatic carbocycles. The van der Waals surface area contributed by atoms with Crippen LogP contribution in [-0.2, 0) is 6.54 Å². The molecule has 0 amide bonds. The Morgan fingerprint density at radius 2 is 2.22 bits per heavy atom. The minimum absolute atomic E-state index is 0.572. The van der Waals surface area contributed by atoms with Crippen LogP contribution in [0.5, 0.6) is 5.88 Å². The number of hydrogen-bond acceptors (Lipinski definition) is 4. The molecule has 1 aromatic rings. The monoisotopic (exact) mass is 249 g/mol. The third kappa shape index (κ3) is 3.67. The molecular formula is C14H23N3O. The van der Waals surface area contributed by atoms with E-state index >= 15 is 0 Å². The van der Waals surface area contributed by atoms with Crippen molar-refractivity contribution in [3.8, 4) is 5.88 Å². The van der Waals surface area contributed by atoms with E-state index in [-0.39, 0.29) is 0 Å². The topological polar surface area (TPSA) is 47.0 Å². The highest BCUT2D eigenvalue weighted by molar-refractivity contribution is 5.11. The zero-order valence-electron chi connectivity index (χ0n) is 11.4. The van der Waals surface area contributed by atoms with Gasteiger partial charge in [0.25, 0.3) is 0 Å². The summed E-state index contributed by atoms with van der Waals surface area (Å²) in [6, 6.07) is 4.48. The molecule has 2 atom stereocenters. The summed E-state index contributed by atoms with van der Waals surface area (Å²) in [4.78, 5) is 0. The van der Waals surface area contributed by atoms with Crippen molar-refractivity contribution in [3.05, 3.63) is 17.8 Å². The molecule has 0 saturated heterocycles. The van der Waals surface area contributed by atoms with Crippen LogP contribution >= 0.6 is 0 Å². The normalized spacial score (nSPS) is 23.9. The maximum Gasteiger partial charge on any atom is 0.233 e. The Kier molecular flexibility index (Phi) is 4.93. The van der Waals surface area contributed by atoms with Gasteiger partial charge >= 0.3 is 0 Å². The molecule has 4 nitrogen and oxygen atoms in total. The van der Waals surface area contributed by atoms with Crippen LogP contribution in [0.15, 0.2) is 12.1 Å². The van der Waals surface area contributed by atoms with Gasteiger partial charge in [0.1, 0.15) is 0 Å². The first-order valence-electron chi connectivity index (χ1n) is 6.91. The van der Waals surface area contributed by atoms with Gasteiger partial charge in [-0.1, -0.05) is 26.2 Å². The molecule has 4 heteroatoms. The summed E-state index contributed by atoms with van der Waals surface area (Å²) >= 11 is 0. The molecule has 1 fully saturated rings. The molecule has 2 rings (SSSR count). The van der Waals surface area contributed by atoms with Crippen LogP contribution in [0, 0.1) is 5.92 Å². The highest BCUT2D eigenvalue weighted by Gasteiger charge is 2.20. The van der Waals surface area contributed by atoms with Gasteiger partial charge in [-0.3, -0.25) is 0 Å². The largest absolute Gasteiger partial charge is 0.480 e. The first kappa shape index (κ1) is 13.3. The second-order valence-electron chi connectivity index (χ2n) is 5.09. The lowest BCUT2D eigenvalue weighted by Crippen LogP contribution is -2.33. The minimum Gasteiger partial charge on any atom is -0.480 e. The zero-order chi connectivity index (χ0) is 12.8. The second-order valence-corrected chi connectivity index (χ2v) is 5.09. The van der Waals surface area contributed by atoms with Gasteiger partial charge in [-0.05, 0) is 24.8 Å². The summed E-state index contributed by atoms with van der Waals surface area (Å²) in [6.07, 6.45) is 6.65. The molecule has 1 saturated carbocycles. The Balaban J connectivity index is 1.79. The van der Waals surface area contributed by atoms with Crippen molar-refractivity contribution >= 4 is 0 Å². The summed E-state index contributed by atoms with van der Waals surface area (Å²) < 4.78 is 5.00. The molecule has 0 bridgehead atoms. The van der Waals surface area contributed by atoms with Gasteiger partial charge in [-0.15, -0.1) is 5.10 Å². The van der Waals surface area contributed by atoms with Crippen LogP contribution in [0.25, 0.3) is 0 Å². The van der Waals surface area contributed by atoms with Gasteiger partial charge in [-0.25, -0.2) is 0 Å². The lowest BCUT2D eigenvalue weighted by Gasteiger charge is -2.29. The molecule has 100 valence electrons. The fourth-order valence-electron chi connectivity index (χ4n) is 2.65. The van der Waals surface area contributed by atoms with Crippen LogP contribution < -0.4 is 10.1 Å². The molecule has 0 radical (unpaired) electrons. The molecule has 1 N–H and O–H groups in total. The average molecular weight is 249 g/mol. The Morgan fingerprint density at radius 3 is 2.89 bits per heavy atom. The Hall–Kier alpha value is -1.16. The summed E-state index contributed by atoms with van der Waals surface area (Å²) in [5, 5.41) is 11.7. The van der Waals surface area contributed by atoms with Gasteiger partial charge < -0.3 is 10.1 Å². The van der Waals surface area contributed by atoms with Crippen molar-refractivity contribution in [1.29, 1.82) is 0 Å². The SMILES string of the molecule is CCC1CCCC(NCc2ccc(OC)nn2)C1. The molecule has 0 spiro atoms. The fourth-order valence-corrected chi connectivity index (χ4v) is 2.65. The number of nitrogens with one attached hydrogen (secondary N) is 1. The second kappa shape index (κ2) is 6.69. The number of hydrogen-bond donors (Lipinski definition) is 1. The highest BCUT2D eigenvalue weighted by atomic mass is 16.5. The van der Waals surface area contributed by atoms with Crippen LogP contribution in [0.4, 0.5) is 0 Å². The number of ether oxygens (including phenoxy) is 1. The van der Waals surface area contributed by atoms with Gasteiger partial charge in [0.15, 0.2) is 0 Å². The van der Waals surface area contributed by atoms with Gasteiger partial charge in [0, 0.05) is 18.7 Å². The Labute approximate surface area is 109 Å². The molecule has 1 aromatic heterocycles. The fraction of sp³-hybridized carbons (Fsp3) is 0.714. The van der Waals surface area contributed by atoms with Crippen LogP contribution in [0.3, 0.4) is 0 Å². The molecule has 18 heavy (non-hydrogen) atoms. The minimum atomic E-state index is 0.572. The number of aromatic nitrogens is 2. The molecular weight excluding hydrogens is 226 g/mol. The Morgan fingerprint density at radius 1 is 1.33 bits per heavy atom. The van der Waals surface area contributed by atoms with E-state index in [2.05, 4.69) is 22.4 Å². The first-order chi connectivity index (χ1) is 8.81. The summed E-state index contributed by atoms with van der Waals surface area (Å²) in [5.41, 5.74) is 0.981. The van der Waals surface area contributed by atoms with E-state index < -0.39 is 0 Å². The predicted octanol–water partition coefficient (Wildman–Crippen LogP) is 2.54. The van der Waals surface area contributed by atoms with Gasteiger partial charge in [0.2, 0.25) is 5.88 Å². The van der Waals surface area contributed by atoms with E-state index in [1.165, 1.54) is 32.1 Å². The maximum absolute atomic E-state index is 5.00. The number of methoxy groups -OCH3 is 1. The molecule has 1 heterocycles. The van der Waals surface area contributed by atoms with E-state index in [0.29, 0.717) is 11.9 Å². The summed E-state index contributed by atoms with van der Waals surface area (Å²) in [6.45, 7) is 3.10. The first-order valence-corrected chi connectivity index (χ1v) is 6.91. The van der Waals surface area contributed by atoms with E-state index in [1.807, 2.05) is 12.1 Å². The highest BCUT2D eigenvalue weighted by Crippen LogP contribution is 2.26. The predicted molar refractivity (Wildman–Crippen MR) is 71.5 cm³/mol. The van der Waals surface area contributed by atoms with Crippen molar-refractivity contribution in [1.82, 2.24) is 15.5 Å². The molecule has 0 aromatic carbocycles. The smallest absolute Gasteiger partial charge is 0.233 e. The third-order valence-electron chi connectivity index (χ3n) is 3.84. The molecule has 2 unspecified atom stereocenters. The summed E-state index contributed by atoms with van der Waals surface area (Å²) in [7, 11) is 1.61. The van der Waals surface area contributed by atoms with E-state index in [9.17, 15) is 0 Å². The zero-order valence-corrected chi connectivity index (χ0v) is 11.4. The van der Waals surface area contributed by atoms with E-state index in [0.717, 1.165) is 18.2 Å². The van der Waals surface area contributed by atoms with E-state index in [1.54, 1.807) is 7.11 Å². The van der Waals surface area contributed by atoms with Crippen molar-refractivity contribution in [2.24, 2.45) is 5.92 Å². The van der Waals surface area contributed by atoms with E-state index in [4.69, 9.17) is 4.74 Å². The lowest BCUT2D eigenvalue weighted by atomic mass is 9.84. The maximum atomic E-state index is 5.00. The standard InChI is InChI=1S/C14H23N3O/c1-3-11-5-4-6-12(9-11)15-10-13-7-8-14(18-2)17-16-13/h7-8,11-12,15H,3-6,9-10H2,1-2H3. The number of rotatable bonds is 5. The Bertz CT molecular complexity index is 353. The van der Waals surface area contributed by atoms with Crippen LogP contribution in [-0.4, -0.2) is 23.3 Å². The van der Waals surface area contributed by atoms with Crippen molar-refractivity contribution in [2.75, 3.05) is 7.11 Å². The summed E-state index contributed by atoms with van der Waals surface area (Å²) in [5.74, 6) is 1.47. The van der Waals surface area contributed by atoms with Gasteiger partial charge in [0.05, 0.1) is 12.8 Å². The van der Waals surface area contributed by atoms with Crippen LogP contribution in [0.2, 0.25) is 0 Å². The number of nitrogens with zero attached hydrogens (tertiary/aromatic N) is 2. The lowest BCUT2D eigenvalue weighted by molar-refractivity contribution is 0.277.